The van der Waals surface area contributed by atoms with Crippen molar-refractivity contribution in [3.63, 3.8) is 0 Å². The molecular formula is C9H8FNS. The quantitative estimate of drug-likeness (QED) is 0.718. The molecule has 2 rings (SSSR count). The van der Waals surface area contributed by atoms with Gasteiger partial charge in [-0.05, 0) is 17.5 Å². The van der Waals surface area contributed by atoms with Gasteiger partial charge in [-0.2, -0.15) is 0 Å². The van der Waals surface area contributed by atoms with Crippen LogP contribution in [0.4, 0.5) is 4.39 Å². The van der Waals surface area contributed by atoms with E-state index in [2.05, 4.69) is 0 Å². The zero-order chi connectivity index (χ0) is 8.55. The summed E-state index contributed by atoms with van der Waals surface area (Å²) in [6, 6.07) is 5.44. The molecule has 0 amide bonds. The van der Waals surface area contributed by atoms with Gasteiger partial charge in [-0.15, -0.1) is 11.3 Å². The molecule has 1 aromatic heterocycles. The lowest BCUT2D eigenvalue weighted by Crippen LogP contribution is -1.99. The van der Waals surface area contributed by atoms with Crippen molar-refractivity contribution in [3.8, 4) is 0 Å². The summed E-state index contributed by atoms with van der Waals surface area (Å²) < 4.78 is 14.4. The fraction of sp³-hybridized carbons (Fsp3) is 0.111. The zero-order valence-electron chi connectivity index (χ0n) is 6.38. The highest BCUT2D eigenvalue weighted by Crippen LogP contribution is 2.25. The molecule has 0 spiro atoms. The Morgan fingerprint density at radius 3 is 2.92 bits per heavy atom. The van der Waals surface area contributed by atoms with Gasteiger partial charge in [-0.1, -0.05) is 6.07 Å². The van der Waals surface area contributed by atoms with E-state index in [0.717, 1.165) is 4.70 Å². The minimum Gasteiger partial charge on any atom is -0.326 e. The third-order valence-electron chi connectivity index (χ3n) is 1.87. The molecule has 1 nitrogen and oxygen atoms in total. The second kappa shape index (κ2) is 2.84. The van der Waals surface area contributed by atoms with Crippen molar-refractivity contribution >= 4 is 21.4 Å². The van der Waals surface area contributed by atoms with E-state index in [1.807, 2.05) is 11.4 Å². The minimum atomic E-state index is -0.170. The third-order valence-corrected chi connectivity index (χ3v) is 2.75. The van der Waals surface area contributed by atoms with E-state index in [9.17, 15) is 4.39 Å². The molecule has 2 aromatic rings. The van der Waals surface area contributed by atoms with Crippen LogP contribution in [0.1, 0.15) is 5.56 Å². The van der Waals surface area contributed by atoms with Crippen LogP contribution in [0.2, 0.25) is 0 Å². The van der Waals surface area contributed by atoms with E-state index in [0.29, 0.717) is 10.9 Å². The van der Waals surface area contributed by atoms with Crippen LogP contribution in [0.5, 0.6) is 0 Å². The molecule has 0 atom stereocenters. The van der Waals surface area contributed by atoms with Gasteiger partial charge in [-0.3, -0.25) is 0 Å². The maximum absolute atomic E-state index is 13.4. The van der Waals surface area contributed by atoms with E-state index >= 15 is 0 Å². The van der Waals surface area contributed by atoms with Crippen LogP contribution in [-0.2, 0) is 6.54 Å². The van der Waals surface area contributed by atoms with E-state index in [4.69, 9.17) is 5.73 Å². The van der Waals surface area contributed by atoms with Gasteiger partial charge in [0.25, 0.3) is 0 Å². The molecule has 0 aliphatic heterocycles. The van der Waals surface area contributed by atoms with E-state index in [-0.39, 0.29) is 12.4 Å². The van der Waals surface area contributed by atoms with Crippen molar-refractivity contribution in [2.45, 2.75) is 6.54 Å². The monoisotopic (exact) mass is 181 g/mol. The molecular weight excluding hydrogens is 173 g/mol. The summed E-state index contributed by atoms with van der Waals surface area (Å²) in [5, 5.41) is 2.57. The second-order valence-corrected chi connectivity index (χ2v) is 3.52. The Bertz CT molecular complexity index is 408. The topological polar surface area (TPSA) is 26.0 Å². The number of rotatable bonds is 1. The zero-order valence-corrected chi connectivity index (χ0v) is 7.20. The lowest BCUT2D eigenvalue weighted by Gasteiger charge is -1.99. The van der Waals surface area contributed by atoms with Crippen molar-refractivity contribution in [1.29, 1.82) is 0 Å². The maximum Gasteiger partial charge on any atom is 0.136 e. The molecule has 0 unspecified atom stereocenters. The number of hydrogen-bond donors (Lipinski definition) is 1. The van der Waals surface area contributed by atoms with Gasteiger partial charge in [0.2, 0.25) is 0 Å². The lowest BCUT2D eigenvalue weighted by atomic mass is 10.1. The van der Waals surface area contributed by atoms with Crippen molar-refractivity contribution in [1.82, 2.24) is 0 Å². The molecule has 0 aliphatic rings. The van der Waals surface area contributed by atoms with E-state index < -0.39 is 0 Å². The van der Waals surface area contributed by atoms with Gasteiger partial charge in [0, 0.05) is 22.2 Å². The maximum atomic E-state index is 13.4. The Hall–Kier alpha value is -0.930. The van der Waals surface area contributed by atoms with E-state index in [1.165, 1.54) is 11.3 Å². The van der Waals surface area contributed by atoms with Crippen LogP contribution in [0, 0.1) is 5.82 Å². The average molecular weight is 181 g/mol. The highest BCUT2D eigenvalue weighted by Gasteiger charge is 2.05. The highest BCUT2D eigenvalue weighted by molar-refractivity contribution is 7.17. The predicted octanol–water partition coefficient (Wildman–Crippen LogP) is 2.50. The molecule has 0 saturated carbocycles. The Morgan fingerprint density at radius 1 is 1.33 bits per heavy atom. The standard InChI is InChI=1S/C9H8FNS/c10-9-6(5-11)1-2-8-7(9)3-4-12-8/h1-4H,5,11H2. The predicted molar refractivity (Wildman–Crippen MR) is 49.7 cm³/mol. The van der Waals surface area contributed by atoms with Gasteiger partial charge in [-0.25, -0.2) is 4.39 Å². The number of thiophene rings is 1. The van der Waals surface area contributed by atoms with Crippen molar-refractivity contribution < 1.29 is 4.39 Å². The fourth-order valence-electron chi connectivity index (χ4n) is 1.21. The molecule has 1 aromatic carbocycles. The summed E-state index contributed by atoms with van der Waals surface area (Å²) >= 11 is 1.54. The summed E-state index contributed by atoms with van der Waals surface area (Å²) in [4.78, 5) is 0. The van der Waals surface area contributed by atoms with Gasteiger partial charge in [0.1, 0.15) is 5.82 Å². The van der Waals surface area contributed by atoms with Crippen LogP contribution in [-0.4, -0.2) is 0 Å². The van der Waals surface area contributed by atoms with Crippen molar-refractivity contribution in [3.05, 3.63) is 35.0 Å². The third kappa shape index (κ3) is 1.02. The van der Waals surface area contributed by atoms with Crippen LogP contribution in [0.15, 0.2) is 23.6 Å². The summed E-state index contributed by atoms with van der Waals surface area (Å²) in [5.41, 5.74) is 5.96. The molecule has 0 aliphatic carbocycles. The Kier molecular flexibility index (Phi) is 1.83. The summed E-state index contributed by atoms with van der Waals surface area (Å²) in [7, 11) is 0. The van der Waals surface area contributed by atoms with Crippen LogP contribution in [0.25, 0.3) is 10.1 Å². The van der Waals surface area contributed by atoms with Gasteiger partial charge in [0.15, 0.2) is 0 Å². The van der Waals surface area contributed by atoms with Gasteiger partial charge in [0.05, 0.1) is 0 Å². The molecule has 0 saturated heterocycles. The molecule has 62 valence electrons. The number of halogens is 1. The first-order chi connectivity index (χ1) is 5.83. The van der Waals surface area contributed by atoms with Crippen LogP contribution >= 0.6 is 11.3 Å². The summed E-state index contributed by atoms with van der Waals surface area (Å²) in [6.45, 7) is 0.262. The minimum absolute atomic E-state index is 0.170. The Labute approximate surface area is 73.6 Å². The first kappa shape index (κ1) is 7.71. The first-order valence-electron chi connectivity index (χ1n) is 3.67. The number of hydrogen-bond acceptors (Lipinski definition) is 2. The molecule has 12 heavy (non-hydrogen) atoms. The molecule has 3 heteroatoms. The SMILES string of the molecule is NCc1ccc2sccc2c1F. The van der Waals surface area contributed by atoms with E-state index in [1.54, 1.807) is 12.1 Å². The number of nitrogens with two attached hydrogens (primary N) is 1. The normalized spacial score (nSPS) is 10.8. The smallest absolute Gasteiger partial charge is 0.136 e. The first-order valence-corrected chi connectivity index (χ1v) is 4.55. The Morgan fingerprint density at radius 2 is 2.17 bits per heavy atom. The second-order valence-electron chi connectivity index (χ2n) is 2.58. The lowest BCUT2D eigenvalue weighted by molar-refractivity contribution is 0.623. The fourth-order valence-corrected chi connectivity index (χ4v) is 1.99. The number of fused-ring (bicyclic) bond motifs is 1. The summed E-state index contributed by atoms with van der Waals surface area (Å²) in [6.07, 6.45) is 0. The molecule has 1 heterocycles. The summed E-state index contributed by atoms with van der Waals surface area (Å²) in [5.74, 6) is -0.170. The Balaban J connectivity index is 2.78. The van der Waals surface area contributed by atoms with Crippen molar-refractivity contribution in [2.75, 3.05) is 0 Å². The van der Waals surface area contributed by atoms with Gasteiger partial charge < -0.3 is 5.73 Å². The largest absolute Gasteiger partial charge is 0.326 e. The molecule has 0 fully saturated rings. The van der Waals surface area contributed by atoms with Gasteiger partial charge >= 0.3 is 0 Å². The molecule has 0 radical (unpaired) electrons. The molecule has 0 bridgehead atoms. The van der Waals surface area contributed by atoms with Crippen molar-refractivity contribution in [2.24, 2.45) is 5.73 Å². The van der Waals surface area contributed by atoms with Crippen LogP contribution in [0.3, 0.4) is 0 Å². The number of benzene rings is 1. The highest BCUT2D eigenvalue weighted by atomic mass is 32.1. The average Bonchev–Trinajstić information content (AvgIpc) is 2.53. The van der Waals surface area contributed by atoms with Crippen LogP contribution < -0.4 is 5.73 Å². The molecule has 2 N–H and O–H groups in total.